The Morgan fingerprint density at radius 3 is 2.55 bits per heavy atom. The maximum Gasteiger partial charge on any atom is 0.322 e. The van der Waals surface area contributed by atoms with E-state index in [1.807, 2.05) is 12.1 Å². The van der Waals surface area contributed by atoms with Crippen LogP contribution in [0.3, 0.4) is 0 Å². The number of halogens is 1. The minimum atomic E-state index is -0.702. The molecule has 1 aromatic carbocycles. The predicted molar refractivity (Wildman–Crippen MR) is 76.0 cm³/mol. The zero-order chi connectivity index (χ0) is 14.1. The van der Waals surface area contributed by atoms with Gasteiger partial charge in [0.05, 0.1) is 0 Å². The number of hydrogen-bond acceptors (Lipinski definition) is 4. The van der Waals surface area contributed by atoms with Crippen LogP contribution in [0.25, 0.3) is 0 Å². The number of benzene rings is 1. The summed E-state index contributed by atoms with van der Waals surface area (Å²) < 4.78 is 0. The molecular formula is C13H15ClN4O2. The summed E-state index contributed by atoms with van der Waals surface area (Å²) in [6.45, 7) is 3.74. The quantitative estimate of drug-likeness (QED) is 0.700. The maximum absolute atomic E-state index is 11.7. The van der Waals surface area contributed by atoms with Gasteiger partial charge in [-0.2, -0.15) is 0 Å². The van der Waals surface area contributed by atoms with Crippen LogP contribution in [-0.2, 0) is 4.79 Å². The van der Waals surface area contributed by atoms with Crippen LogP contribution >= 0.6 is 11.6 Å². The van der Waals surface area contributed by atoms with Crippen LogP contribution in [0.2, 0.25) is 5.02 Å². The fraction of sp³-hybridized carbons (Fsp3) is 0.385. The molecule has 106 valence electrons. The molecule has 3 rings (SSSR count). The Morgan fingerprint density at radius 2 is 1.95 bits per heavy atom. The van der Waals surface area contributed by atoms with Gasteiger partial charge in [0.2, 0.25) is 0 Å². The Hall–Kier alpha value is -1.79. The first-order valence-electron chi connectivity index (χ1n) is 6.51. The maximum atomic E-state index is 11.7. The molecule has 2 aliphatic heterocycles. The summed E-state index contributed by atoms with van der Waals surface area (Å²) in [6, 6.07) is 4.40. The largest absolute Gasteiger partial charge is 0.369 e. The highest BCUT2D eigenvalue weighted by atomic mass is 35.5. The van der Waals surface area contributed by atoms with E-state index >= 15 is 0 Å². The molecule has 2 aliphatic rings. The number of carbonyl (C=O) groups is 2. The molecule has 1 unspecified atom stereocenters. The van der Waals surface area contributed by atoms with E-state index in [2.05, 4.69) is 20.9 Å². The van der Waals surface area contributed by atoms with Gasteiger partial charge in [-0.3, -0.25) is 10.1 Å². The van der Waals surface area contributed by atoms with Crippen molar-refractivity contribution in [3.63, 3.8) is 0 Å². The van der Waals surface area contributed by atoms with Crippen LogP contribution in [0, 0.1) is 0 Å². The van der Waals surface area contributed by atoms with Gasteiger partial charge in [-0.15, -0.1) is 0 Å². The lowest BCUT2D eigenvalue weighted by Gasteiger charge is -2.30. The average Bonchev–Trinajstić information content (AvgIpc) is 2.78. The van der Waals surface area contributed by atoms with Crippen molar-refractivity contribution < 1.29 is 9.59 Å². The van der Waals surface area contributed by atoms with E-state index in [0.29, 0.717) is 10.6 Å². The SMILES string of the molecule is O=C1NC(=O)C(c2ccc(N3CCNCC3)cc2Cl)N1. The van der Waals surface area contributed by atoms with Crippen molar-refractivity contribution in [3.05, 3.63) is 28.8 Å². The average molecular weight is 295 g/mol. The summed E-state index contributed by atoms with van der Waals surface area (Å²) in [5, 5.41) is 8.54. The summed E-state index contributed by atoms with van der Waals surface area (Å²) in [7, 11) is 0. The zero-order valence-corrected chi connectivity index (χ0v) is 11.5. The Labute approximate surface area is 121 Å². The van der Waals surface area contributed by atoms with Gasteiger partial charge in [-0.1, -0.05) is 17.7 Å². The second-order valence-corrected chi connectivity index (χ2v) is 5.25. The van der Waals surface area contributed by atoms with Gasteiger partial charge >= 0.3 is 6.03 Å². The van der Waals surface area contributed by atoms with Gasteiger partial charge in [-0.05, 0) is 12.1 Å². The number of amides is 3. The van der Waals surface area contributed by atoms with Gasteiger partial charge in [0.25, 0.3) is 5.91 Å². The van der Waals surface area contributed by atoms with E-state index in [9.17, 15) is 9.59 Å². The molecule has 20 heavy (non-hydrogen) atoms. The number of imide groups is 1. The van der Waals surface area contributed by atoms with Crippen molar-refractivity contribution >= 4 is 29.2 Å². The topological polar surface area (TPSA) is 73.5 Å². The minimum Gasteiger partial charge on any atom is -0.369 e. The lowest BCUT2D eigenvalue weighted by atomic mass is 10.1. The molecule has 0 bridgehead atoms. The lowest BCUT2D eigenvalue weighted by molar-refractivity contribution is -0.120. The molecule has 2 saturated heterocycles. The smallest absolute Gasteiger partial charge is 0.322 e. The number of nitrogens with one attached hydrogen (secondary N) is 3. The highest BCUT2D eigenvalue weighted by Crippen LogP contribution is 2.29. The zero-order valence-electron chi connectivity index (χ0n) is 10.8. The minimum absolute atomic E-state index is 0.369. The van der Waals surface area contributed by atoms with Crippen molar-refractivity contribution in [2.45, 2.75) is 6.04 Å². The molecule has 3 N–H and O–H groups in total. The molecule has 0 radical (unpaired) electrons. The Balaban J connectivity index is 1.84. The predicted octanol–water partition coefficient (Wildman–Crippen LogP) is 0.630. The molecular weight excluding hydrogens is 280 g/mol. The van der Waals surface area contributed by atoms with Crippen LogP contribution in [0.4, 0.5) is 10.5 Å². The van der Waals surface area contributed by atoms with E-state index < -0.39 is 12.1 Å². The van der Waals surface area contributed by atoms with Gasteiger partial charge in [-0.25, -0.2) is 4.79 Å². The van der Waals surface area contributed by atoms with E-state index in [4.69, 9.17) is 11.6 Å². The van der Waals surface area contributed by atoms with Crippen LogP contribution in [0.1, 0.15) is 11.6 Å². The molecule has 1 atom stereocenters. The summed E-state index contributed by atoms with van der Waals surface area (Å²) in [5.74, 6) is -0.369. The summed E-state index contributed by atoms with van der Waals surface area (Å²) in [6.07, 6.45) is 0. The van der Waals surface area contributed by atoms with E-state index in [1.54, 1.807) is 6.07 Å². The number of nitrogens with zero attached hydrogens (tertiary/aromatic N) is 1. The molecule has 6 nitrogen and oxygen atoms in total. The molecule has 3 amide bonds. The molecule has 0 saturated carbocycles. The standard InChI is InChI=1S/C13H15ClN4O2/c14-10-7-8(18-5-3-15-4-6-18)1-2-9(10)11-12(19)17-13(20)16-11/h1-2,7,11,15H,3-6H2,(H2,16,17,19,20). The van der Waals surface area contributed by atoms with Crippen LogP contribution in [-0.4, -0.2) is 38.1 Å². The van der Waals surface area contributed by atoms with Crippen molar-refractivity contribution in [3.8, 4) is 0 Å². The Bertz CT molecular complexity index is 557. The fourth-order valence-corrected chi connectivity index (χ4v) is 2.79. The number of piperazine rings is 1. The molecule has 2 heterocycles. The van der Waals surface area contributed by atoms with E-state index in [-0.39, 0.29) is 5.91 Å². The summed E-state index contributed by atoms with van der Waals surface area (Å²) >= 11 is 6.27. The molecule has 0 spiro atoms. The monoisotopic (exact) mass is 294 g/mol. The first-order valence-corrected chi connectivity index (χ1v) is 6.89. The number of carbonyl (C=O) groups excluding carboxylic acids is 2. The molecule has 7 heteroatoms. The van der Waals surface area contributed by atoms with Crippen molar-refractivity contribution in [1.82, 2.24) is 16.0 Å². The highest BCUT2D eigenvalue weighted by Gasteiger charge is 2.32. The number of hydrogen-bond donors (Lipinski definition) is 3. The molecule has 2 fully saturated rings. The van der Waals surface area contributed by atoms with Gasteiger partial charge < -0.3 is 15.5 Å². The fourth-order valence-electron chi connectivity index (χ4n) is 2.51. The molecule has 1 aromatic rings. The van der Waals surface area contributed by atoms with Crippen molar-refractivity contribution in [1.29, 1.82) is 0 Å². The summed E-state index contributed by atoms with van der Waals surface area (Å²) in [5.41, 5.74) is 1.65. The van der Waals surface area contributed by atoms with Gasteiger partial charge in [0.15, 0.2) is 0 Å². The molecule has 0 aromatic heterocycles. The van der Waals surface area contributed by atoms with Crippen molar-refractivity contribution in [2.75, 3.05) is 31.1 Å². The first-order chi connectivity index (χ1) is 9.65. The number of urea groups is 1. The van der Waals surface area contributed by atoms with Gasteiger partial charge in [0.1, 0.15) is 6.04 Å². The van der Waals surface area contributed by atoms with Gasteiger partial charge in [0, 0.05) is 42.5 Å². The Kier molecular flexibility index (Phi) is 3.50. The van der Waals surface area contributed by atoms with E-state index in [1.165, 1.54) is 0 Å². The number of anilines is 1. The van der Waals surface area contributed by atoms with Crippen LogP contribution < -0.4 is 20.9 Å². The summed E-state index contributed by atoms with van der Waals surface area (Å²) in [4.78, 5) is 25.0. The normalized spacial score (nSPS) is 22.6. The van der Waals surface area contributed by atoms with Crippen molar-refractivity contribution in [2.24, 2.45) is 0 Å². The Morgan fingerprint density at radius 1 is 1.20 bits per heavy atom. The lowest BCUT2D eigenvalue weighted by Crippen LogP contribution is -2.43. The van der Waals surface area contributed by atoms with E-state index in [0.717, 1.165) is 31.9 Å². The third-order valence-electron chi connectivity index (χ3n) is 3.55. The third kappa shape index (κ3) is 2.44. The molecule has 0 aliphatic carbocycles. The first kappa shape index (κ1) is 13.2. The second-order valence-electron chi connectivity index (χ2n) is 4.84. The van der Waals surface area contributed by atoms with Crippen LogP contribution in [0.5, 0.6) is 0 Å². The van der Waals surface area contributed by atoms with Crippen LogP contribution in [0.15, 0.2) is 18.2 Å². The highest BCUT2D eigenvalue weighted by molar-refractivity contribution is 6.32. The third-order valence-corrected chi connectivity index (χ3v) is 3.88. The number of rotatable bonds is 2. The second kappa shape index (κ2) is 5.30.